The molecule has 182 valence electrons. The second-order valence-corrected chi connectivity index (χ2v) is 12.9. The van der Waals surface area contributed by atoms with Gasteiger partial charge in [0.15, 0.2) is 10.8 Å². The van der Waals surface area contributed by atoms with E-state index in [0.29, 0.717) is 5.75 Å². The predicted octanol–water partition coefficient (Wildman–Crippen LogP) is 3.65. The fraction of sp³-hybridized carbons (Fsp3) is 0.810. The van der Waals surface area contributed by atoms with E-state index in [9.17, 15) is 19.2 Å². The second kappa shape index (κ2) is 12.6. The second-order valence-electron chi connectivity index (χ2n) is 9.25. The number of rotatable bonds is 8. The molecular weight excluding hydrogens is 444 g/mol. The average molecular weight is 483 g/mol. The van der Waals surface area contributed by atoms with Crippen LogP contribution in [0.3, 0.4) is 0 Å². The molecule has 0 aliphatic rings. The number of aliphatic carboxylic acids is 1. The zero-order chi connectivity index (χ0) is 25.3. The fourth-order valence-electron chi connectivity index (χ4n) is 1.81. The molecule has 1 N–H and O–H groups in total. The van der Waals surface area contributed by atoms with Gasteiger partial charge >= 0.3 is 23.9 Å². The van der Waals surface area contributed by atoms with Crippen LogP contribution in [0.1, 0.15) is 55.4 Å². The standard InChI is InChI=1S/C11H20O4S.C10H18O4S/c1-10(2,3)16-7-11(4,8(12)14-5)9(13)15-6;1-9(2,3)15-6-10(4,7(11)12)8(13)14-5/h7H2,1-6H3;6H2,1-5H3,(H,11,12)/t;10-/m.1/s1. The summed E-state index contributed by atoms with van der Waals surface area (Å²) in [7, 11) is 3.74. The summed E-state index contributed by atoms with van der Waals surface area (Å²) in [6.45, 7) is 14.9. The predicted molar refractivity (Wildman–Crippen MR) is 124 cm³/mol. The van der Waals surface area contributed by atoms with Crippen LogP contribution < -0.4 is 0 Å². The SMILES string of the molecule is COC(=O)C(C)(CSC(C)(C)C)C(=O)OC.COC(=O)[C@](C)(CSC(C)(C)C)C(=O)O. The minimum Gasteiger partial charge on any atom is -0.480 e. The first kappa shape index (κ1) is 31.8. The summed E-state index contributed by atoms with van der Waals surface area (Å²) in [5, 5.41) is 9.02. The highest BCUT2D eigenvalue weighted by atomic mass is 32.2. The smallest absolute Gasteiger partial charge is 0.323 e. The number of carbonyl (C=O) groups is 4. The molecule has 0 fully saturated rings. The van der Waals surface area contributed by atoms with E-state index in [4.69, 9.17) is 5.11 Å². The molecule has 0 aromatic rings. The highest BCUT2D eigenvalue weighted by Gasteiger charge is 2.45. The maximum Gasteiger partial charge on any atom is 0.323 e. The molecule has 1 atom stereocenters. The number of thioether (sulfide) groups is 2. The van der Waals surface area contributed by atoms with Crippen LogP contribution in [-0.4, -0.2) is 71.3 Å². The quantitative estimate of drug-likeness (QED) is 0.312. The number of methoxy groups -OCH3 is 3. The van der Waals surface area contributed by atoms with E-state index < -0.39 is 34.7 Å². The summed E-state index contributed by atoms with van der Waals surface area (Å²) in [4.78, 5) is 45.6. The lowest BCUT2D eigenvalue weighted by Gasteiger charge is -2.27. The number of esters is 3. The average Bonchev–Trinajstić information content (AvgIpc) is 2.67. The first-order chi connectivity index (χ1) is 13.8. The van der Waals surface area contributed by atoms with Crippen LogP contribution in [0.4, 0.5) is 0 Å². The van der Waals surface area contributed by atoms with E-state index in [2.05, 4.69) is 14.2 Å². The minimum absolute atomic E-state index is 0.0245. The molecule has 0 aromatic carbocycles. The Balaban J connectivity index is 0. The van der Waals surface area contributed by atoms with Gasteiger partial charge in [-0.05, 0) is 13.8 Å². The van der Waals surface area contributed by atoms with Crippen LogP contribution >= 0.6 is 23.5 Å². The Morgan fingerprint density at radius 2 is 0.871 bits per heavy atom. The molecule has 0 aliphatic heterocycles. The van der Waals surface area contributed by atoms with Gasteiger partial charge in [0, 0.05) is 21.0 Å². The molecule has 0 radical (unpaired) electrons. The lowest BCUT2D eigenvalue weighted by molar-refractivity contribution is -0.166. The molecule has 0 rings (SSSR count). The molecule has 0 amide bonds. The van der Waals surface area contributed by atoms with Crippen molar-refractivity contribution >= 4 is 47.4 Å². The fourth-order valence-corrected chi connectivity index (χ4v) is 3.73. The van der Waals surface area contributed by atoms with Gasteiger partial charge in [0.1, 0.15) is 0 Å². The third kappa shape index (κ3) is 11.1. The van der Waals surface area contributed by atoms with Crippen LogP contribution in [-0.2, 0) is 33.4 Å². The van der Waals surface area contributed by atoms with Crippen LogP contribution in [0.2, 0.25) is 0 Å². The maximum atomic E-state index is 11.6. The first-order valence-corrected chi connectivity index (χ1v) is 11.5. The van der Waals surface area contributed by atoms with Crippen LogP contribution in [0.15, 0.2) is 0 Å². The van der Waals surface area contributed by atoms with Gasteiger partial charge in [-0.2, -0.15) is 23.5 Å². The highest BCUT2D eigenvalue weighted by Crippen LogP contribution is 2.33. The summed E-state index contributed by atoms with van der Waals surface area (Å²) < 4.78 is 13.7. The molecule has 0 saturated heterocycles. The summed E-state index contributed by atoms with van der Waals surface area (Å²) in [5.41, 5.74) is -2.70. The van der Waals surface area contributed by atoms with E-state index in [-0.39, 0.29) is 15.2 Å². The van der Waals surface area contributed by atoms with E-state index in [1.165, 1.54) is 51.8 Å². The van der Waals surface area contributed by atoms with Crippen molar-refractivity contribution in [3.63, 3.8) is 0 Å². The van der Waals surface area contributed by atoms with Gasteiger partial charge in [0.25, 0.3) is 0 Å². The van der Waals surface area contributed by atoms with E-state index in [0.717, 1.165) is 0 Å². The van der Waals surface area contributed by atoms with Gasteiger partial charge in [-0.25, -0.2) is 0 Å². The maximum absolute atomic E-state index is 11.6. The zero-order valence-electron chi connectivity index (χ0n) is 20.5. The number of ether oxygens (including phenoxy) is 3. The van der Waals surface area contributed by atoms with E-state index in [1.807, 2.05) is 41.5 Å². The molecule has 0 bridgehead atoms. The lowest BCUT2D eigenvalue weighted by atomic mass is 9.94. The van der Waals surface area contributed by atoms with Crippen molar-refractivity contribution in [2.45, 2.75) is 64.9 Å². The Hall–Kier alpha value is -1.42. The van der Waals surface area contributed by atoms with Crippen molar-refractivity contribution in [2.24, 2.45) is 10.8 Å². The van der Waals surface area contributed by atoms with Crippen LogP contribution in [0.25, 0.3) is 0 Å². The number of hydrogen-bond acceptors (Lipinski definition) is 9. The molecule has 0 heterocycles. The number of carbonyl (C=O) groups excluding carboxylic acids is 3. The lowest BCUT2D eigenvalue weighted by Crippen LogP contribution is -2.41. The minimum atomic E-state index is -1.47. The number of carboxylic acids is 1. The Bertz CT molecular complexity index is 618. The Labute approximate surface area is 194 Å². The largest absolute Gasteiger partial charge is 0.480 e. The normalized spacial score (nSPS) is 13.8. The summed E-state index contributed by atoms with van der Waals surface area (Å²) in [6, 6.07) is 0. The molecule has 0 unspecified atom stereocenters. The van der Waals surface area contributed by atoms with E-state index >= 15 is 0 Å². The third-order valence-corrected chi connectivity index (χ3v) is 7.14. The Kier molecular flexibility index (Phi) is 12.9. The number of hydrogen-bond donors (Lipinski definition) is 1. The first-order valence-electron chi connectivity index (χ1n) is 9.57. The van der Waals surface area contributed by atoms with Gasteiger partial charge in [0.2, 0.25) is 0 Å². The number of carboxylic acid groups (broad SMARTS) is 1. The molecular formula is C21H38O8S2. The molecule has 0 saturated carbocycles. The molecule has 31 heavy (non-hydrogen) atoms. The molecule has 0 aromatic heterocycles. The van der Waals surface area contributed by atoms with Gasteiger partial charge in [-0.1, -0.05) is 41.5 Å². The molecule has 0 spiro atoms. The molecule has 8 nitrogen and oxygen atoms in total. The molecule has 10 heteroatoms. The summed E-state index contributed by atoms with van der Waals surface area (Å²) in [6.07, 6.45) is 0. The summed E-state index contributed by atoms with van der Waals surface area (Å²) in [5.74, 6) is -2.42. The van der Waals surface area contributed by atoms with Gasteiger partial charge in [0.05, 0.1) is 21.3 Å². The van der Waals surface area contributed by atoms with Gasteiger partial charge in [-0.3, -0.25) is 19.2 Å². The van der Waals surface area contributed by atoms with Crippen LogP contribution in [0.5, 0.6) is 0 Å². The van der Waals surface area contributed by atoms with Crippen LogP contribution in [0, 0.1) is 10.8 Å². The third-order valence-electron chi connectivity index (χ3n) is 3.97. The Morgan fingerprint density at radius 3 is 1.10 bits per heavy atom. The van der Waals surface area contributed by atoms with Crippen molar-refractivity contribution < 1.29 is 38.5 Å². The monoisotopic (exact) mass is 482 g/mol. The topological polar surface area (TPSA) is 116 Å². The van der Waals surface area contributed by atoms with Crippen molar-refractivity contribution in [3.8, 4) is 0 Å². The van der Waals surface area contributed by atoms with Gasteiger partial charge < -0.3 is 19.3 Å². The van der Waals surface area contributed by atoms with Crippen molar-refractivity contribution in [1.82, 2.24) is 0 Å². The highest BCUT2D eigenvalue weighted by molar-refractivity contribution is 8.00. The Morgan fingerprint density at radius 1 is 0.613 bits per heavy atom. The van der Waals surface area contributed by atoms with Crippen molar-refractivity contribution in [3.05, 3.63) is 0 Å². The summed E-state index contributed by atoms with van der Waals surface area (Å²) >= 11 is 2.96. The molecule has 0 aliphatic carbocycles. The van der Waals surface area contributed by atoms with Crippen molar-refractivity contribution in [2.75, 3.05) is 32.8 Å². The van der Waals surface area contributed by atoms with E-state index in [1.54, 1.807) is 6.92 Å². The van der Waals surface area contributed by atoms with Gasteiger partial charge in [-0.15, -0.1) is 0 Å². The van der Waals surface area contributed by atoms with Crippen molar-refractivity contribution in [1.29, 1.82) is 0 Å². The zero-order valence-corrected chi connectivity index (χ0v) is 22.2.